The number of carboxylic acids is 1. The lowest BCUT2D eigenvalue weighted by molar-refractivity contribution is -0.137. The number of carboxylic acid groups (broad SMARTS) is 1. The molecule has 1 fully saturated rings. The smallest absolute Gasteiger partial charge is 0.305 e. The first-order valence-corrected chi connectivity index (χ1v) is 5.62. The predicted molar refractivity (Wildman–Crippen MR) is 59.6 cm³/mol. The van der Waals surface area contributed by atoms with E-state index in [0.29, 0.717) is 12.1 Å². The van der Waals surface area contributed by atoms with Gasteiger partial charge in [-0.1, -0.05) is 0 Å². The predicted octanol–water partition coefficient (Wildman–Crippen LogP) is 0.797. The van der Waals surface area contributed by atoms with Gasteiger partial charge in [0.25, 0.3) is 5.91 Å². The molecule has 1 aromatic rings. The van der Waals surface area contributed by atoms with Crippen molar-refractivity contribution in [1.82, 2.24) is 15.1 Å². The van der Waals surface area contributed by atoms with Gasteiger partial charge in [0.15, 0.2) is 0 Å². The van der Waals surface area contributed by atoms with Crippen LogP contribution in [0.5, 0.6) is 0 Å². The molecule has 0 bridgehead atoms. The second-order valence-corrected chi connectivity index (χ2v) is 4.30. The first kappa shape index (κ1) is 11.6. The fourth-order valence-electron chi connectivity index (χ4n) is 2.24. The lowest BCUT2D eigenvalue weighted by Gasteiger charge is -2.23. The maximum atomic E-state index is 12.2. The van der Waals surface area contributed by atoms with Crippen molar-refractivity contribution in [1.29, 1.82) is 0 Å². The number of nitrogens with zero attached hydrogens (tertiary/aromatic N) is 2. The quantitative estimate of drug-likeness (QED) is 0.814. The van der Waals surface area contributed by atoms with E-state index in [1.54, 1.807) is 11.8 Å². The Hall–Kier alpha value is -1.85. The number of likely N-dealkylation sites (tertiary alicyclic amines) is 1. The van der Waals surface area contributed by atoms with Gasteiger partial charge in [0, 0.05) is 18.3 Å². The number of amides is 1. The zero-order chi connectivity index (χ0) is 12.4. The Bertz CT molecular complexity index is 441. The Labute approximate surface area is 98.6 Å². The Kier molecular flexibility index (Phi) is 3.12. The fraction of sp³-hybridized carbons (Fsp3) is 0.545. The van der Waals surface area contributed by atoms with Crippen LogP contribution in [0.4, 0.5) is 0 Å². The van der Waals surface area contributed by atoms with Crippen LogP contribution in [0.2, 0.25) is 0 Å². The lowest BCUT2D eigenvalue weighted by Crippen LogP contribution is -2.37. The number of nitrogens with one attached hydrogen (secondary N) is 1. The third kappa shape index (κ3) is 2.30. The summed E-state index contributed by atoms with van der Waals surface area (Å²) in [6.45, 7) is 2.41. The number of H-pyrrole nitrogens is 1. The van der Waals surface area contributed by atoms with E-state index >= 15 is 0 Å². The average molecular weight is 237 g/mol. The van der Waals surface area contributed by atoms with Crippen molar-refractivity contribution in [3.63, 3.8) is 0 Å². The summed E-state index contributed by atoms with van der Waals surface area (Å²) in [7, 11) is 0. The van der Waals surface area contributed by atoms with Crippen LogP contribution in [-0.2, 0) is 4.79 Å². The summed E-state index contributed by atoms with van der Waals surface area (Å²) in [5, 5.41) is 15.3. The van der Waals surface area contributed by atoms with Crippen LogP contribution in [0.15, 0.2) is 6.20 Å². The SMILES string of the molecule is Cc1[nH]ncc1C(=O)N1CCCC1CC(=O)O. The number of rotatable bonds is 3. The molecule has 6 nitrogen and oxygen atoms in total. The molecule has 0 radical (unpaired) electrons. The van der Waals surface area contributed by atoms with Gasteiger partial charge in [0.1, 0.15) is 0 Å². The summed E-state index contributed by atoms with van der Waals surface area (Å²) < 4.78 is 0. The van der Waals surface area contributed by atoms with Crippen LogP contribution in [0.25, 0.3) is 0 Å². The Morgan fingerprint density at radius 2 is 2.41 bits per heavy atom. The summed E-state index contributed by atoms with van der Waals surface area (Å²) >= 11 is 0. The summed E-state index contributed by atoms with van der Waals surface area (Å²) in [6, 6.07) is -0.186. The number of carbonyl (C=O) groups excluding carboxylic acids is 1. The molecule has 2 rings (SSSR count). The maximum absolute atomic E-state index is 12.2. The second-order valence-electron chi connectivity index (χ2n) is 4.30. The Morgan fingerprint density at radius 1 is 1.65 bits per heavy atom. The van der Waals surface area contributed by atoms with E-state index in [-0.39, 0.29) is 18.4 Å². The van der Waals surface area contributed by atoms with Crippen LogP contribution in [0.3, 0.4) is 0 Å². The molecule has 2 N–H and O–H groups in total. The van der Waals surface area contributed by atoms with Crippen molar-refractivity contribution in [2.75, 3.05) is 6.54 Å². The number of carbonyl (C=O) groups is 2. The molecule has 0 aromatic carbocycles. The van der Waals surface area contributed by atoms with Gasteiger partial charge >= 0.3 is 5.97 Å². The molecule has 1 aromatic heterocycles. The standard InChI is InChI=1S/C11H15N3O3/c1-7-9(6-12-13-7)11(17)14-4-2-3-8(14)5-10(15)16/h6,8H,2-5H2,1H3,(H,12,13)(H,15,16). The van der Waals surface area contributed by atoms with Crippen molar-refractivity contribution in [2.45, 2.75) is 32.2 Å². The third-order valence-electron chi connectivity index (χ3n) is 3.11. The molecule has 1 atom stereocenters. The molecule has 6 heteroatoms. The van der Waals surface area contributed by atoms with Gasteiger partial charge in [-0.2, -0.15) is 5.10 Å². The normalized spacial score (nSPS) is 19.6. The molecule has 92 valence electrons. The van der Waals surface area contributed by atoms with Crippen LogP contribution < -0.4 is 0 Å². The Balaban J connectivity index is 2.14. The highest BCUT2D eigenvalue weighted by Crippen LogP contribution is 2.23. The van der Waals surface area contributed by atoms with Crippen LogP contribution in [-0.4, -0.2) is 44.7 Å². The Morgan fingerprint density at radius 3 is 3.00 bits per heavy atom. The molecule has 0 aliphatic carbocycles. The molecule has 1 amide bonds. The van der Waals surface area contributed by atoms with E-state index in [4.69, 9.17) is 5.11 Å². The highest BCUT2D eigenvalue weighted by Gasteiger charge is 2.31. The molecule has 1 saturated heterocycles. The van der Waals surface area contributed by atoms with Gasteiger partial charge in [-0.25, -0.2) is 0 Å². The van der Waals surface area contributed by atoms with E-state index in [0.717, 1.165) is 18.5 Å². The van der Waals surface area contributed by atoms with Crippen LogP contribution >= 0.6 is 0 Å². The minimum atomic E-state index is -0.862. The monoisotopic (exact) mass is 237 g/mol. The zero-order valence-electron chi connectivity index (χ0n) is 9.64. The molecule has 1 aliphatic rings. The van der Waals surface area contributed by atoms with Crippen LogP contribution in [0.1, 0.15) is 35.3 Å². The molecule has 1 unspecified atom stereocenters. The van der Waals surface area contributed by atoms with Gasteiger partial charge in [0.05, 0.1) is 18.2 Å². The molecule has 1 aliphatic heterocycles. The zero-order valence-corrected chi connectivity index (χ0v) is 9.64. The number of aryl methyl sites for hydroxylation is 1. The van der Waals surface area contributed by atoms with Crippen molar-refractivity contribution < 1.29 is 14.7 Å². The average Bonchev–Trinajstić information content (AvgIpc) is 2.85. The maximum Gasteiger partial charge on any atom is 0.305 e. The number of hydrogen-bond acceptors (Lipinski definition) is 3. The highest BCUT2D eigenvalue weighted by molar-refractivity contribution is 5.95. The summed E-state index contributed by atoms with van der Waals surface area (Å²) in [6.07, 6.45) is 3.13. The molecule has 2 heterocycles. The van der Waals surface area contributed by atoms with Crippen molar-refractivity contribution >= 4 is 11.9 Å². The highest BCUT2D eigenvalue weighted by atomic mass is 16.4. The minimum Gasteiger partial charge on any atom is -0.481 e. The number of hydrogen-bond donors (Lipinski definition) is 2. The first-order valence-electron chi connectivity index (χ1n) is 5.62. The van der Waals surface area contributed by atoms with Crippen molar-refractivity contribution in [3.8, 4) is 0 Å². The van der Waals surface area contributed by atoms with Gasteiger partial charge < -0.3 is 10.0 Å². The number of aromatic amines is 1. The summed E-state index contributed by atoms with van der Waals surface area (Å²) in [5.41, 5.74) is 1.25. The molecule has 0 saturated carbocycles. The minimum absolute atomic E-state index is 0.0165. The summed E-state index contributed by atoms with van der Waals surface area (Å²) in [4.78, 5) is 24.6. The lowest BCUT2D eigenvalue weighted by atomic mass is 10.1. The fourth-order valence-corrected chi connectivity index (χ4v) is 2.24. The molecule has 0 spiro atoms. The largest absolute Gasteiger partial charge is 0.481 e. The van der Waals surface area contributed by atoms with E-state index in [1.165, 1.54) is 6.20 Å². The van der Waals surface area contributed by atoms with Crippen molar-refractivity contribution in [3.05, 3.63) is 17.5 Å². The number of aromatic nitrogens is 2. The number of aliphatic carboxylic acids is 1. The first-order chi connectivity index (χ1) is 8.09. The van der Waals surface area contributed by atoms with E-state index in [2.05, 4.69) is 10.2 Å². The van der Waals surface area contributed by atoms with Crippen LogP contribution in [0, 0.1) is 6.92 Å². The summed E-state index contributed by atoms with van der Waals surface area (Å²) in [5.74, 6) is -0.987. The third-order valence-corrected chi connectivity index (χ3v) is 3.11. The molecular weight excluding hydrogens is 222 g/mol. The van der Waals surface area contributed by atoms with Gasteiger partial charge in [-0.3, -0.25) is 14.7 Å². The second kappa shape index (κ2) is 4.57. The van der Waals surface area contributed by atoms with E-state index in [9.17, 15) is 9.59 Å². The van der Waals surface area contributed by atoms with Gasteiger partial charge in [-0.15, -0.1) is 0 Å². The van der Waals surface area contributed by atoms with Crippen molar-refractivity contribution in [2.24, 2.45) is 0 Å². The molecule has 17 heavy (non-hydrogen) atoms. The van der Waals surface area contributed by atoms with Gasteiger partial charge in [0.2, 0.25) is 0 Å². The van der Waals surface area contributed by atoms with E-state index < -0.39 is 5.97 Å². The topological polar surface area (TPSA) is 86.3 Å². The van der Waals surface area contributed by atoms with Gasteiger partial charge in [-0.05, 0) is 19.8 Å². The van der Waals surface area contributed by atoms with E-state index in [1.807, 2.05) is 0 Å². The molecular formula is C11H15N3O3.